The van der Waals surface area contributed by atoms with Crippen molar-refractivity contribution in [3.05, 3.63) is 93.6 Å². The number of hydrogen-bond acceptors (Lipinski definition) is 5. The van der Waals surface area contributed by atoms with Crippen molar-refractivity contribution in [1.29, 1.82) is 0 Å². The number of hydrogen-bond donors (Lipinski definition) is 2. The van der Waals surface area contributed by atoms with E-state index in [9.17, 15) is 0 Å². The minimum atomic E-state index is 0.457. The van der Waals surface area contributed by atoms with E-state index in [0.29, 0.717) is 24.9 Å². The zero-order valence-corrected chi connectivity index (χ0v) is 20.7. The minimum absolute atomic E-state index is 0.457. The van der Waals surface area contributed by atoms with E-state index in [1.165, 1.54) is 10.8 Å². The summed E-state index contributed by atoms with van der Waals surface area (Å²) < 4.78 is 13.1. The highest BCUT2D eigenvalue weighted by atomic mass is 127. The highest BCUT2D eigenvalue weighted by Gasteiger charge is 2.13. The molecule has 5 rings (SSSR count). The van der Waals surface area contributed by atoms with Gasteiger partial charge in [0.05, 0.1) is 27.4 Å². The molecule has 0 atom stereocenters. The fraction of sp³-hybridized carbons (Fsp3) is 0.111. The van der Waals surface area contributed by atoms with Gasteiger partial charge in [0.1, 0.15) is 6.61 Å². The fourth-order valence-corrected chi connectivity index (χ4v) is 4.59. The van der Waals surface area contributed by atoms with Crippen molar-refractivity contribution in [3.63, 3.8) is 0 Å². The van der Waals surface area contributed by atoms with Crippen molar-refractivity contribution in [2.75, 3.05) is 12.0 Å². The van der Waals surface area contributed by atoms with E-state index in [-0.39, 0.29) is 0 Å². The first kappa shape index (κ1) is 22.2. The fourth-order valence-electron chi connectivity index (χ4n) is 3.81. The summed E-state index contributed by atoms with van der Waals surface area (Å²) in [5.74, 6) is 2.02. The van der Waals surface area contributed by atoms with Gasteiger partial charge >= 0.3 is 0 Å². The number of imidazole rings is 1. The van der Waals surface area contributed by atoms with Crippen LogP contribution in [0.15, 0.2) is 84.0 Å². The number of nitrogens with one attached hydrogen (secondary N) is 2. The van der Waals surface area contributed by atoms with E-state index in [0.717, 1.165) is 31.5 Å². The van der Waals surface area contributed by atoms with Gasteiger partial charge in [0, 0.05) is 0 Å². The normalized spacial score (nSPS) is 11.4. The second kappa shape index (κ2) is 10.1. The number of aromatic amines is 1. The third kappa shape index (κ3) is 4.84. The summed E-state index contributed by atoms with van der Waals surface area (Å²) in [6, 6.07) is 26.4. The molecule has 1 heterocycles. The number of fused-ring (bicyclic) bond motifs is 2. The van der Waals surface area contributed by atoms with Crippen molar-refractivity contribution < 1.29 is 9.47 Å². The highest BCUT2D eigenvalue weighted by Crippen LogP contribution is 2.35. The number of hydrazone groups is 1. The van der Waals surface area contributed by atoms with Crippen LogP contribution in [0.5, 0.6) is 11.5 Å². The Morgan fingerprint density at radius 3 is 2.71 bits per heavy atom. The molecular formula is C27H23IN4O2. The molecule has 0 aliphatic rings. The van der Waals surface area contributed by atoms with Gasteiger partial charge in [-0.1, -0.05) is 54.6 Å². The number of H-pyrrole nitrogens is 1. The van der Waals surface area contributed by atoms with E-state index in [2.05, 4.69) is 79.5 Å². The molecule has 4 aromatic carbocycles. The molecule has 7 heteroatoms. The third-order valence-corrected chi connectivity index (χ3v) is 6.16. The van der Waals surface area contributed by atoms with Crippen LogP contribution in [0.1, 0.15) is 18.1 Å². The maximum atomic E-state index is 6.27. The Balaban J connectivity index is 1.34. The number of para-hydroxylation sites is 2. The summed E-state index contributed by atoms with van der Waals surface area (Å²) in [6.07, 6.45) is 1.74. The molecule has 0 aliphatic heterocycles. The first-order valence-electron chi connectivity index (χ1n) is 11.0. The summed E-state index contributed by atoms with van der Waals surface area (Å²) in [5.41, 5.74) is 6.84. The van der Waals surface area contributed by atoms with Gasteiger partial charge in [0.2, 0.25) is 5.95 Å². The van der Waals surface area contributed by atoms with Crippen molar-refractivity contribution in [1.82, 2.24) is 9.97 Å². The standard InChI is InChI=1S/C27H23IN4O2/c1-2-33-25-15-18(16-29-32-27-30-23-12-5-6-13-24(23)31-27)14-22(28)26(25)34-17-20-10-7-9-19-8-3-4-11-21(19)20/h3-16H,2,17H2,1H3,(H2,30,31,32)/b29-16+. The molecule has 0 spiro atoms. The van der Waals surface area contributed by atoms with Crippen LogP contribution in [-0.4, -0.2) is 22.8 Å². The first-order chi connectivity index (χ1) is 16.7. The van der Waals surface area contributed by atoms with Crippen LogP contribution in [0.3, 0.4) is 0 Å². The molecule has 170 valence electrons. The van der Waals surface area contributed by atoms with Crippen molar-refractivity contribution in [2.45, 2.75) is 13.5 Å². The van der Waals surface area contributed by atoms with Crippen LogP contribution in [0.2, 0.25) is 0 Å². The van der Waals surface area contributed by atoms with Gasteiger partial charge in [-0.05, 0) is 75.7 Å². The Labute approximate surface area is 211 Å². The van der Waals surface area contributed by atoms with Gasteiger partial charge in [0.25, 0.3) is 0 Å². The lowest BCUT2D eigenvalue weighted by Gasteiger charge is -2.15. The summed E-state index contributed by atoms with van der Waals surface area (Å²) >= 11 is 2.28. The lowest BCUT2D eigenvalue weighted by molar-refractivity contribution is 0.268. The van der Waals surface area contributed by atoms with Crippen LogP contribution < -0.4 is 14.9 Å². The number of anilines is 1. The Kier molecular flexibility index (Phi) is 6.62. The topological polar surface area (TPSA) is 71.5 Å². The molecule has 1 aromatic heterocycles. The highest BCUT2D eigenvalue weighted by molar-refractivity contribution is 14.1. The number of aromatic nitrogens is 2. The third-order valence-electron chi connectivity index (χ3n) is 5.36. The zero-order chi connectivity index (χ0) is 23.3. The lowest BCUT2D eigenvalue weighted by atomic mass is 10.1. The van der Waals surface area contributed by atoms with E-state index in [1.54, 1.807) is 6.21 Å². The lowest BCUT2D eigenvalue weighted by Crippen LogP contribution is -2.03. The molecule has 0 radical (unpaired) electrons. The molecule has 0 fully saturated rings. The van der Waals surface area contributed by atoms with Crippen LogP contribution in [0.4, 0.5) is 5.95 Å². The van der Waals surface area contributed by atoms with Gasteiger partial charge in [-0.25, -0.2) is 10.4 Å². The van der Waals surface area contributed by atoms with Gasteiger partial charge in [-0.2, -0.15) is 5.10 Å². The predicted molar refractivity (Wildman–Crippen MR) is 146 cm³/mol. The largest absolute Gasteiger partial charge is 0.490 e. The summed E-state index contributed by atoms with van der Waals surface area (Å²) in [4.78, 5) is 7.67. The SMILES string of the molecule is CCOc1cc(/C=N/Nc2nc3ccccc3[nH]2)cc(I)c1OCc1cccc2ccccc12. The molecule has 2 N–H and O–H groups in total. The molecule has 0 saturated carbocycles. The van der Waals surface area contributed by atoms with Crippen LogP contribution in [0, 0.1) is 3.57 Å². The second-order valence-corrected chi connectivity index (χ2v) is 8.82. The monoisotopic (exact) mass is 562 g/mol. The summed E-state index contributed by atoms with van der Waals surface area (Å²) in [5, 5.41) is 6.73. The van der Waals surface area contributed by atoms with Gasteiger partial charge in [0.15, 0.2) is 11.5 Å². The van der Waals surface area contributed by atoms with E-state index >= 15 is 0 Å². The Hall–Kier alpha value is -3.59. The molecule has 34 heavy (non-hydrogen) atoms. The van der Waals surface area contributed by atoms with E-state index in [1.807, 2.05) is 49.4 Å². The summed E-state index contributed by atoms with van der Waals surface area (Å²) in [7, 11) is 0. The number of halogens is 1. The maximum absolute atomic E-state index is 6.27. The number of nitrogens with zero attached hydrogens (tertiary/aromatic N) is 2. The molecule has 0 saturated heterocycles. The second-order valence-electron chi connectivity index (χ2n) is 7.66. The molecule has 0 bridgehead atoms. The van der Waals surface area contributed by atoms with Gasteiger partial charge < -0.3 is 14.5 Å². The predicted octanol–water partition coefficient (Wildman–Crippen LogP) is 6.74. The van der Waals surface area contributed by atoms with E-state index in [4.69, 9.17) is 9.47 Å². The molecule has 0 aliphatic carbocycles. The smallest absolute Gasteiger partial charge is 0.222 e. The summed E-state index contributed by atoms with van der Waals surface area (Å²) in [6.45, 7) is 2.96. The number of rotatable bonds is 8. The zero-order valence-electron chi connectivity index (χ0n) is 18.6. The van der Waals surface area contributed by atoms with Crippen molar-refractivity contribution in [3.8, 4) is 11.5 Å². The Morgan fingerprint density at radius 2 is 1.82 bits per heavy atom. The van der Waals surface area contributed by atoms with Crippen molar-refractivity contribution in [2.24, 2.45) is 5.10 Å². The van der Waals surface area contributed by atoms with Gasteiger partial charge in [-0.15, -0.1) is 0 Å². The molecule has 6 nitrogen and oxygen atoms in total. The first-order valence-corrected chi connectivity index (χ1v) is 12.1. The Morgan fingerprint density at radius 1 is 1.00 bits per heavy atom. The quantitative estimate of drug-likeness (QED) is 0.125. The van der Waals surface area contributed by atoms with E-state index < -0.39 is 0 Å². The molecule has 0 amide bonds. The maximum Gasteiger partial charge on any atom is 0.222 e. The Bertz CT molecular complexity index is 1440. The minimum Gasteiger partial charge on any atom is -0.490 e. The number of ether oxygens (including phenoxy) is 2. The van der Waals surface area contributed by atoms with Crippen LogP contribution in [0.25, 0.3) is 21.8 Å². The van der Waals surface area contributed by atoms with Crippen LogP contribution in [-0.2, 0) is 6.61 Å². The average molecular weight is 562 g/mol. The average Bonchev–Trinajstić information content (AvgIpc) is 3.27. The molecule has 5 aromatic rings. The number of benzene rings is 4. The van der Waals surface area contributed by atoms with Crippen LogP contribution >= 0.6 is 22.6 Å². The molecule has 0 unspecified atom stereocenters. The van der Waals surface area contributed by atoms with Gasteiger partial charge in [-0.3, -0.25) is 0 Å². The molecular weight excluding hydrogens is 539 g/mol. The van der Waals surface area contributed by atoms with Crippen molar-refractivity contribution >= 4 is 56.6 Å².